The van der Waals surface area contributed by atoms with Crippen LogP contribution in [0.1, 0.15) is 17.5 Å². The molecule has 0 aromatic heterocycles. The number of nitrogens with one attached hydrogen (secondary N) is 1. The first-order valence-electron chi connectivity index (χ1n) is 7.29. The summed E-state index contributed by atoms with van der Waals surface area (Å²) in [6, 6.07) is 11.7. The van der Waals surface area contributed by atoms with E-state index in [2.05, 4.69) is 5.32 Å². The number of halogens is 3. The van der Waals surface area contributed by atoms with Gasteiger partial charge in [-0.25, -0.2) is 4.79 Å². The lowest BCUT2D eigenvalue weighted by atomic mass is 10.0. The molecule has 1 aliphatic heterocycles. The lowest BCUT2D eigenvalue weighted by Crippen LogP contribution is -2.38. The second-order valence-electron chi connectivity index (χ2n) is 5.39. The summed E-state index contributed by atoms with van der Waals surface area (Å²) in [7, 11) is 0. The fourth-order valence-electron chi connectivity index (χ4n) is 2.68. The number of aryl methyl sites for hydroxylation is 1. The van der Waals surface area contributed by atoms with Crippen molar-refractivity contribution in [2.75, 3.05) is 16.8 Å². The first-order chi connectivity index (χ1) is 10.9. The molecule has 0 bridgehead atoms. The summed E-state index contributed by atoms with van der Waals surface area (Å²) in [4.78, 5) is 14.0. The zero-order valence-electron chi connectivity index (χ0n) is 12.2. The quantitative estimate of drug-likeness (QED) is 0.812. The largest absolute Gasteiger partial charge is 0.416 e. The second kappa shape index (κ2) is 5.95. The van der Waals surface area contributed by atoms with Crippen LogP contribution >= 0.6 is 0 Å². The third kappa shape index (κ3) is 3.31. The smallest absolute Gasteiger partial charge is 0.308 e. The minimum Gasteiger partial charge on any atom is -0.308 e. The van der Waals surface area contributed by atoms with Crippen LogP contribution in [0.25, 0.3) is 0 Å². The molecule has 1 heterocycles. The average Bonchev–Trinajstić information content (AvgIpc) is 2.54. The van der Waals surface area contributed by atoms with Crippen LogP contribution in [0.4, 0.5) is 29.3 Å². The summed E-state index contributed by atoms with van der Waals surface area (Å²) in [5.74, 6) is 0. The molecule has 0 saturated heterocycles. The predicted octanol–water partition coefficient (Wildman–Crippen LogP) is 4.69. The van der Waals surface area contributed by atoms with Gasteiger partial charge in [0.1, 0.15) is 0 Å². The summed E-state index contributed by atoms with van der Waals surface area (Å²) >= 11 is 0. The molecule has 0 fully saturated rings. The standard InChI is InChI=1S/C17H15F3N2O/c18-17(19,20)13-7-9-14(10-8-13)21-16(23)22-11-3-5-12-4-1-2-6-15(12)22/h1-2,4,6-10H,3,5,11H2,(H,21,23). The highest BCUT2D eigenvalue weighted by Crippen LogP contribution is 2.30. The van der Waals surface area contributed by atoms with E-state index in [1.807, 2.05) is 24.3 Å². The molecule has 3 rings (SSSR count). The van der Waals surface area contributed by atoms with Crippen LogP contribution in [0.5, 0.6) is 0 Å². The SMILES string of the molecule is O=C(Nc1ccc(C(F)(F)F)cc1)N1CCCc2ccccc21. The molecule has 23 heavy (non-hydrogen) atoms. The Labute approximate surface area is 131 Å². The number of alkyl halides is 3. The molecule has 0 saturated carbocycles. The monoisotopic (exact) mass is 320 g/mol. The van der Waals surface area contributed by atoms with E-state index < -0.39 is 11.7 Å². The van der Waals surface area contributed by atoms with Gasteiger partial charge in [0.15, 0.2) is 0 Å². The molecule has 1 N–H and O–H groups in total. The van der Waals surface area contributed by atoms with Gasteiger partial charge in [-0.1, -0.05) is 18.2 Å². The van der Waals surface area contributed by atoms with Crippen molar-refractivity contribution in [3.8, 4) is 0 Å². The van der Waals surface area contributed by atoms with Crippen LogP contribution in [0.3, 0.4) is 0 Å². The molecule has 0 unspecified atom stereocenters. The molecule has 2 aromatic carbocycles. The van der Waals surface area contributed by atoms with Crippen molar-refractivity contribution in [2.45, 2.75) is 19.0 Å². The lowest BCUT2D eigenvalue weighted by molar-refractivity contribution is -0.137. The molecule has 3 nitrogen and oxygen atoms in total. The van der Waals surface area contributed by atoms with Crippen molar-refractivity contribution >= 4 is 17.4 Å². The Morgan fingerprint density at radius 3 is 2.43 bits per heavy atom. The highest BCUT2D eigenvalue weighted by atomic mass is 19.4. The minimum absolute atomic E-state index is 0.336. The lowest BCUT2D eigenvalue weighted by Gasteiger charge is -2.29. The fourth-order valence-corrected chi connectivity index (χ4v) is 2.68. The van der Waals surface area contributed by atoms with Crippen LogP contribution in [-0.2, 0) is 12.6 Å². The highest BCUT2D eigenvalue weighted by Gasteiger charge is 2.30. The molecule has 6 heteroatoms. The van der Waals surface area contributed by atoms with E-state index in [0.29, 0.717) is 12.2 Å². The fraction of sp³-hybridized carbons (Fsp3) is 0.235. The highest BCUT2D eigenvalue weighted by molar-refractivity contribution is 6.02. The number of anilines is 2. The maximum absolute atomic E-state index is 12.5. The van der Waals surface area contributed by atoms with Gasteiger partial charge in [0.05, 0.1) is 5.56 Å². The van der Waals surface area contributed by atoms with Crippen LogP contribution in [0, 0.1) is 0 Å². The number of urea groups is 1. The number of para-hydroxylation sites is 1. The van der Waals surface area contributed by atoms with Crippen molar-refractivity contribution in [3.63, 3.8) is 0 Å². The maximum Gasteiger partial charge on any atom is 0.416 e. The van der Waals surface area contributed by atoms with Crippen LogP contribution < -0.4 is 10.2 Å². The minimum atomic E-state index is -4.38. The number of rotatable bonds is 1. The van der Waals surface area contributed by atoms with Gasteiger partial charge in [-0.2, -0.15) is 13.2 Å². The molecule has 0 spiro atoms. The average molecular weight is 320 g/mol. The Kier molecular flexibility index (Phi) is 3.98. The predicted molar refractivity (Wildman–Crippen MR) is 82.6 cm³/mol. The number of carbonyl (C=O) groups excluding carboxylic acids is 1. The van der Waals surface area contributed by atoms with Gasteiger partial charge in [-0.3, -0.25) is 4.90 Å². The van der Waals surface area contributed by atoms with E-state index in [4.69, 9.17) is 0 Å². The zero-order valence-corrected chi connectivity index (χ0v) is 12.2. The van der Waals surface area contributed by atoms with Gasteiger partial charge in [-0.05, 0) is 48.7 Å². The van der Waals surface area contributed by atoms with Gasteiger partial charge in [-0.15, -0.1) is 0 Å². The first-order valence-corrected chi connectivity index (χ1v) is 7.29. The zero-order chi connectivity index (χ0) is 16.4. The van der Waals surface area contributed by atoms with Crippen LogP contribution in [0.2, 0.25) is 0 Å². The topological polar surface area (TPSA) is 32.3 Å². The normalized spacial score (nSPS) is 14.3. The maximum atomic E-state index is 12.5. The van der Waals surface area contributed by atoms with Crippen molar-refractivity contribution in [3.05, 3.63) is 59.7 Å². The molecule has 0 atom stereocenters. The molecule has 2 aromatic rings. The summed E-state index contributed by atoms with van der Waals surface area (Å²) in [5.41, 5.74) is 1.55. The molecule has 2 amide bonds. The van der Waals surface area contributed by atoms with Crippen molar-refractivity contribution in [1.82, 2.24) is 0 Å². The van der Waals surface area contributed by atoms with E-state index in [-0.39, 0.29) is 6.03 Å². The Bertz CT molecular complexity index is 711. The summed E-state index contributed by atoms with van der Waals surface area (Å²) in [5, 5.41) is 2.65. The Morgan fingerprint density at radius 1 is 1.04 bits per heavy atom. The number of hydrogen-bond donors (Lipinski definition) is 1. The third-order valence-corrected chi connectivity index (χ3v) is 3.82. The number of fused-ring (bicyclic) bond motifs is 1. The van der Waals surface area contributed by atoms with E-state index >= 15 is 0 Å². The molecule has 0 radical (unpaired) electrons. The van der Waals surface area contributed by atoms with Gasteiger partial charge >= 0.3 is 12.2 Å². The van der Waals surface area contributed by atoms with Crippen molar-refractivity contribution < 1.29 is 18.0 Å². The third-order valence-electron chi connectivity index (χ3n) is 3.82. The van der Waals surface area contributed by atoms with E-state index in [0.717, 1.165) is 36.2 Å². The second-order valence-corrected chi connectivity index (χ2v) is 5.39. The molecule has 1 aliphatic rings. The van der Waals surface area contributed by atoms with Crippen LogP contribution in [-0.4, -0.2) is 12.6 Å². The summed E-state index contributed by atoms with van der Waals surface area (Å²) < 4.78 is 37.6. The van der Waals surface area contributed by atoms with Gasteiger partial charge < -0.3 is 5.32 Å². The number of nitrogens with zero attached hydrogens (tertiary/aromatic N) is 1. The van der Waals surface area contributed by atoms with E-state index in [1.165, 1.54) is 12.1 Å². The summed E-state index contributed by atoms with van der Waals surface area (Å²) in [6.45, 7) is 0.587. The van der Waals surface area contributed by atoms with Gasteiger partial charge in [0.2, 0.25) is 0 Å². The molecule has 0 aliphatic carbocycles. The molecular weight excluding hydrogens is 305 g/mol. The van der Waals surface area contributed by atoms with Gasteiger partial charge in [0.25, 0.3) is 0 Å². The van der Waals surface area contributed by atoms with Gasteiger partial charge in [0, 0.05) is 17.9 Å². The van der Waals surface area contributed by atoms with Crippen molar-refractivity contribution in [2.24, 2.45) is 0 Å². The number of amides is 2. The Hall–Kier alpha value is -2.50. The number of hydrogen-bond acceptors (Lipinski definition) is 1. The van der Waals surface area contributed by atoms with Crippen LogP contribution in [0.15, 0.2) is 48.5 Å². The number of carbonyl (C=O) groups is 1. The van der Waals surface area contributed by atoms with E-state index in [9.17, 15) is 18.0 Å². The first kappa shape index (κ1) is 15.4. The Morgan fingerprint density at radius 2 is 1.74 bits per heavy atom. The Balaban J connectivity index is 1.75. The number of benzene rings is 2. The van der Waals surface area contributed by atoms with Crippen molar-refractivity contribution in [1.29, 1.82) is 0 Å². The summed E-state index contributed by atoms with van der Waals surface area (Å²) in [6.07, 6.45) is -2.61. The molecular formula is C17H15F3N2O. The molecule has 120 valence electrons. The van der Waals surface area contributed by atoms with E-state index in [1.54, 1.807) is 4.90 Å².